The van der Waals surface area contributed by atoms with Crippen LogP contribution in [0.2, 0.25) is 0 Å². The zero-order valence-electron chi connectivity index (χ0n) is 11.3. The first kappa shape index (κ1) is 12.7. The largest absolute Gasteiger partial charge is 0.378 e. The molecule has 0 bridgehead atoms. The molecule has 0 atom stereocenters. The molecule has 0 radical (unpaired) electrons. The predicted octanol–water partition coefficient (Wildman–Crippen LogP) is 3.70. The summed E-state index contributed by atoms with van der Waals surface area (Å²) in [6.07, 6.45) is 0. The van der Waals surface area contributed by atoms with Crippen LogP contribution in [0.4, 0.5) is 10.1 Å². The maximum Gasteiger partial charge on any atom is 0.146 e. The van der Waals surface area contributed by atoms with E-state index in [1.54, 1.807) is 6.07 Å². The van der Waals surface area contributed by atoms with E-state index in [1.165, 1.54) is 23.0 Å². The average molecular weight is 246 g/mol. The highest BCUT2D eigenvalue weighted by Crippen LogP contribution is 2.21. The number of aromatic nitrogens is 1. The minimum Gasteiger partial charge on any atom is -0.378 e. The molecule has 0 aliphatic rings. The summed E-state index contributed by atoms with van der Waals surface area (Å²) in [6, 6.07) is 7.26. The van der Waals surface area contributed by atoms with Gasteiger partial charge in [0.2, 0.25) is 0 Å². The fourth-order valence-corrected chi connectivity index (χ4v) is 2.15. The number of anilines is 1. The summed E-state index contributed by atoms with van der Waals surface area (Å²) in [5, 5.41) is 3.19. The van der Waals surface area contributed by atoms with Crippen LogP contribution < -0.4 is 5.32 Å². The molecule has 18 heavy (non-hydrogen) atoms. The number of aryl methyl sites for hydroxylation is 2. The van der Waals surface area contributed by atoms with Crippen LogP contribution >= 0.6 is 0 Å². The molecule has 0 saturated heterocycles. The van der Waals surface area contributed by atoms with Crippen molar-refractivity contribution >= 4 is 5.69 Å². The molecule has 1 heterocycles. The van der Waals surface area contributed by atoms with Gasteiger partial charge in [-0.3, -0.25) is 0 Å². The number of rotatable bonds is 3. The Hall–Kier alpha value is -1.77. The average Bonchev–Trinajstić information content (AvgIpc) is 2.56. The second-order valence-electron chi connectivity index (χ2n) is 4.74. The molecule has 0 aliphatic carbocycles. The van der Waals surface area contributed by atoms with Crippen LogP contribution in [0.3, 0.4) is 0 Å². The monoisotopic (exact) mass is 246 g/mol. The van der Waals surface area contributed by atoms with Gasteiger partial charge in [-0.1, -0.05) is 12.1 Å². The lowest BCUT2D eigenvalue weighted by atomic mass is 10.1. The van der Waals surface area contributed by atoms with Gasteiger partial charge >= 0.3 is 0 Å². The van der Waals surface area contributed by atoms with E-state index in [2.05, 4.69) is 29.8 Å². The lowest BCUT2D eigenvalue weighted by Gasteiger charge is -2.10. The molecule has 0 saturated carbocycles. The van der Waals surface area contributed by atoms with Gasteiger partial charge in [-0.2, -0.15) is 0 Å². The van der Waals surface area contributed by atoms with Gasteiger partial charge in [0.15, 0.2) is 0 Å². The third kappa shape index (κ3) is 2.26. The van der Waals surface area contributed by atoms with Crippen molar-refractivity contribution in [2.24, 2.45) is 7.05 Å². The maximum absolute atomic E-state index is 13.7. The summed E-state index contributed by atoms with van der Waals surface area (Å²) in [7, 11) is 2.04. The Balaban J connectivity index is 2.19. The van der Waals surface area contributed by atoms with E-state index in [4.69, 9.17) is 0 Å². The fraction of sp³-hybridized carbons (Fsp3) is 0.333. The first-order valence-corrected chi connectivity index (χ1v) is 6.11. The van der Waals surface area contributed by atoms with E-state index >= 15 is 0 Å². The first-order chi connectivity index (χ1) is 8.50. The SMILES string of the molecule is Cc1cccc(F)c1NCc1cc(C)n(C)c1C. The van der Waals surface area contributed by atoms with E-state index in [1.807, 2.05) is 20.0 Å². The van der Waals surface area contributed by atoms with Gasteiger partial charge in [0.25, 0.3) is 0 Å². The molecule has 1 aromatic carbocycles. The smallest absolute Gasteiger partial charge is 0.146 e. The Morgan fingerprint density at radius 2 is 1.94 bits per heavy atom. The number of para-hydroxylation sites is 1. The normalized spacial score (nSPS) is 10.7. The van der Waals surface area contributed by atoms with Crippen molar-refractivity contribution in [3.8, 4) is 0 Å². The highest BCUT2D eigenvalue weighted by Gasteiger charge is 2.08. The van der Waals surface area contributed by atoms with Crippen LogP contribution in [-0.2, 0) is 13.6 Å². The van der Waals surface area contributed by atoms with Gasteiger partial charge in [0.05, 0.1) is 5.69 Å². The summed E-state index contributed by atoms with van der Waals surface area (Å²) in [6.45, 7) is 6.72. The van der Waals surface area contributed by atoms with E-state index in [0.29, 0.717) is 12.2 Å². The predicted molar refractivity (Wildman–Crippen MR) is 73.4 cm³/mol. The van der Waals surface area contributed by atoms with Crippen molar-refractivity contribution in [2.75, 3.05) is 5.32 Å². The lowest BCUT2D eigenvalue weighted by Crippen LogP contribution is -2.04. The minimum absolute atomic E-state index is 0.194. The Labute approximate surface area is 107 Å². The summed E-state index contributed by atoms with van der Waals surface area (Å²) in [5.41, 5.74) is 5.17. The lowest BCUT2D eigenvalue weighted by molar-refractivity contribution is 0.629. The second-order valence-corrected chi connectivity index (χ2v) is 4.74. The zero-order valence-corrected chi connectivity index (χ0v) is 11.3. The van der Waals surface area contributed by atoms with Gasteiger partial charge in [0.1, 0.15) is 5.82 Å². The molecular formula is C15H19FN2. The van der Waals surface area contributed by atoms with Gasteiger partial charge in [-0.05, 0) is 44.0 Å². The fourth-order valence-electron chi connectivity index (χ4n) is 2.15. The van der Waals surface area contributed by atoms with Crippen LogP contribution in [-0.4, -0.2) is 4.57 Å². The molecule has 0 spiro atoms. The van der Waals surface area contributed by atoms with Crippen LogP contribution in [0.1, 0.15) is 22.5 Å². The molecule has 0 fully saturated rings. The Kier molecular flexibility index (Phi) is 3.41. The molecule has 96 valence electrons. The molecule has 0 aliphatic heterocycles. The van der Waals surface area contributed by atoms with Gasteiger partial charge in [-0.15, -0.1) is 0 Å². The van der Waals surface area contributed by atoms with Gasteiger partial charge < -0.3 is 9.88 Å². The van der Waals surface area contributed by atoms with Gasteiger partial charge in [0, 0.05) is 25.0 Å². The second kappa shape index (κ2) is 4.84. The maximum atomic E-state index is 13.7. The third-order valence-electron chi connectivity index (χ3n) is 3.56. The standard InChI is InChI=1S/C15H19FN2/c1-10-6-5-7-14(16)15(10)17-9-13-8-11(2)18(4)12(13)3/h5-8,17H,9H2,1-4H3. The number of hydrogen-bond acceptors (Lipinski definition) is 1. The van der Waals surface area contributed by atoms with E-state index < -0.39 is 0 Å². The molecule has 0 amide bonds. The van der Waals surface area contributed by atoms with Crippen molar-refractivity contribution in [3.63, 3.8) is 0 Å². The summed E-state index contributed by atoms with van der Waals surface area (Å²) in [5.74, 6) is -0.194. The van der Waals surface area contributed by atoms with Crippen molar-refractivity contribution in [2.45, 2.75) is 27.3 Å². The van der Waals surface area contributed by atoms with Crippen LogP contribution in [0, 0.1) is 26.6 Å². The molecule has 3 heteroatoms. The van der Waals surface area contributed by atoms with E-state index in [9.17, 15) is 4.39 Å². The zero-order chi connectivity index (χ0) is 13.3. The molecule has 2 nitrogen and oxygen atoms in total. The van der Waals surface area contributed by atoms with Crippen LogP contribution in [0.15, 0.2) is 24.3 Å². The van der Waals surface area contributed by atoms with Gasteiger partial charge in [-0.25, -0.2) is 4.39 Å². The molecular weight excluding hydrogens is 227 g/mol. The van der Waals surface area contributed by atoms with Crippen molar-refractivity contribution in [1.29, 1.82) is 0 Å². The minimum atomic E-state index is -0.194. The third-order valence-corrected chi connectivity index (χ3v) is 3.56. The molecule has 2 rings (SSSR count). The number of halogens is 1. The quantitative estimate of drug-likeness (QED) is 0.873. The highest BCUT2D eigenvalue weighted by molar-refractivity contribution is 5.52. The summed E-state index contributed by atoms with van der Waals surface area (Å²) < 4.78 is 15.8. The topological polar surface area (TPSA) is 17.0 Å². The Morgan fingerprint density at radius 3 is 2.50 bits per heavy atom. The highest BCUT2D eigenvalue weighted by atomic mass is 19.1. The first-order valence-electron chi connectivity index (χ1n) is 6.11. The van der Waals surface area contributed by atoms with E-state index in [0.717, 1.165) is 5.56 Å². The van der Waals surface area contributed by atoms with Crippen molar-refractivity contribution in [1.82, 2.24) is 4.57 Å². The molecule has 1 aromatic heterocycles. The molecule has 2 aromatic rings. The Morgan fingerprint density at radius 1 is 1.22 bits per heavy atom. The molecule has 0 unspecified atom stereocenters. The van der Waals surface area contributed by atoms with Crippen molar-refractivity contribution in [3.05, 3.63) is 52.6 Å². The van der Waals surface area contributed by atoms with Crippen LogP contribution in [0.25, 0.3) is 0 Å². The molecule has 1 N–H and O–H groups in total. The number of hydrogen-bond donors (Lipinski definition) is 1. The number of nitrogens with zero attached hydrogens (tertiary/aromatic N) is 1. The summed E-state index contributed by atoms with van der Waals surface area (Å²) >= 11 is 0. The summed E-state index contributed by atoms with van der Waals surface area (Å²) in [4.78, 5) is 0. The van der Waals surface area contributed by atoms with E-state index in [-0.39, 0.29) is 5.82 Å². The van der Waals surface area contributed by atoms with Crippen LogP contribution in [0.5, 0.6) is 0 Å². The Bertz CT molecular complexity index is 550. The number of benzene rings is 1. The van der Waals surface area contributed by atoms with Crippen molar-refractivity contribution < 1.29 is 4.39 Å². The number of nitrogens with one attached hydrogen (secondary N) is 1.